The number of carbonyl (C=O) groups is 2. The molecule has 11 heteroatoms. The second kappa shape index (κ2) is 10.1. The Labute approximate surface area is 240 Å². The molecule has 0 radical (unpaired) electrons. The Morgan fingerprint density at radius 1 is 0.868 bits per heavy atom. The van der Waals surface area contributed by atoms with Gasteiger partial charge in [0.2, 0.25) is 11.8 Å². The van der Waals surface area contributed by atoms with E-state index in [4.69, 9.17) is 39.5 Å². The highest BCUT2D eigenvalue weighted by Gasteiger charge is 2.56. The van der Waals surface area contributed by atoms with Crippen LogP contribution in [0.2, 0.25) is 15.1 Å². The zero-order valence-electron chi connectivity index (χ0n) is 19.3. The highest BCUT2D eigenvalue weighted by atomic mass is 35.5. The van der Waals surface area contributed by atoms with Crippen LogP contribution in [0.15, 0.2) is 76.6 Å². The third kappa shape index (κ3) is 4.54. The number of rotatable bonds is 5. The standard InChI is InChI=1S/C27H17Cl3N2O4S2/c28-14-4-7-17(8-5-14)32-25(33)21-20(22-24(31-27(35)38-22)37-23(21)26(32)34)18-11-16(30)6-9-19(18)36-12-13-2-1-3-15(29)10-13/h1-11,20-21,23H,12H2,(H,31,35)/t20-,21-,23+/m0/s1. The summed E-state index contributed by atoms with van der Waals surface area (Å²) >= 11 is 20.8. The lowest BCUT2D eigenvalue weighted by Gasteiger charge is -2.31. The minimum absolute atomic E-state index is 0.227. The van der Waals surface area contributed by atoms with Crippen molar-refractivity contribution in [1.29, 1.82) is 0 Å². The molecule has 38 heavy (non-hydrogen) atoms. The Kier molecular flexibility index (Phi) is 6.78. The van der Waals surface area contributed by atoms with Gasteiger partial charge in [-0.25, -0.2) is 4.90 Å². The van der Waals surface area contributed by atoms with Gasteiger partial charge in [-0.1, -0.05) is 70.0 Å². The lowest BCUT2D eigenvalue weighted by atomic mass is 9.82. The summed E-state index contributed by atoms with van der Waals surface area (Å²) in [5.74, 6) is -1.59. The molecule has 1 aromatic heterocycles. The number of H-pyrrole nitrogens is 1. The van der Waals surface area contributed by atoms with E-state index in [2.05, 4.69) is 4.98 Å². The number of carbonyl (C=O) groups excluding carboxylic acids is 2. The van der Waals surface area contributed by atoms with Gasteiger partial charge in [0.25, 0.3) is 0 Å². The summed E-state index contributed by atoms with van der Waals surface area (Å²) in [7, 11) is 0. The Morgan fingerprint density at radius 3 is 2.37 bits per heavy atom. The van der Waals surface area contributed by atoms with E-state index in [1.165, 1.54) is 16.7 Å². The van der Waals surface area contributed by atoms with Gasteiger partial charge < -0.3 is 9.72 Å². The van der Waals surface area contributed by atoms with Crippen molar-refractivity contribution in [2.75, 3.05) is 4.90 Å². The summed E-state index contributed by atoms with van der Waals surface area (Å²) in [6.07, 6.45) is 0. The number of hydrogen-bond donors (Lipinski definition) is 1. The first-order valence-electron chi connectivity index (χ1n) is 11.5. The van der Waals surface area contributed by atoms with Crippen molar-refractivity contribution in [1.82, 2.24) is 4.98 Å². The minimum Gasteiger partial charge on any atom is -0.489 e. The average molecular weight is 604 g/mol. The maximum atomic E-state index is 13.9. The number of amides is 2. The summed E-state index contributed by atoms with van der Waals surface area (Å²) in [4.78, 5) is 44.4. The Hall–Kier alpha value is -2.75. The topological polar surface area (TPSA) is 79.5 Å². The van der Waals surface area contributed by atoms with Gasteiger partial charge >= 0.3 is 4.87 Å². The fourth-order valence-corrected chi connectivity index (χ4v) is 7.90. The lowest BCUT2D eigenvalue weighted by Crippen LogP contribution is -2.32. The molecule has 0 bridgehead atoms. The molecule has 0 aliphatic carbocycles. The fourth-order valence-electron chi connectivity index (χ4n) is 4.88. The highest BCUT2D eigenvalue weighted by Crippen LogP contribution is 2.54. The lowest BCUT2D eigenvalue weighted by molar-refractivity contribution is -0.122. The van der Waals surface area contributed by atoms with E-state index in [0.717, 1.165) is 16.9 Å². The van der Waals surface area contributed by atoms with E-state index in [-0.39, 0.29) is 23.3 Å². The molecule has 2 amide bonds. The number of aromatic nitrogens is 1. The van der Waals surface area contributed by atoms with Crippen LogP contribution in [0.3, 0.4) is 0 Å². The third-order valence-electron chi connectivity index (χ3n) is 6.50. The predicted molar refractivity (Wildman–Crippen MR) is 151 cm³/mol. The third-order valence-corrected chi connectivity index (χ3v) is 9.62. The van der Waals surface area contributed by atoms with Crippen molar-refractivity contribution in [2.24, 2.45) is 5.92 Å². The number of aromatic amines is 1. The largest absolute Gasteiger partial charge is 0.489 e. The molecule has 1 saturated heterocycles. The van der Waals surface area contributed by atoms with Gasteiger partial charge in [-0.15, -0.1) is 0 Å². The molecule has 3 aromatic carbocycles. The number of thioether (sulfide) groups is 1. The molecular formula is C27H17Cl3N2O4S2. The normalized spacial score (nSPS) is 20.4. The molecule has 0 saturated carbocycles. The number of anilines is 1. The van der Waals surface area contributed by atoms with E-state index in [1.807, 2.05) is 18.2 Å². The van der Waals surface area contributed by atoms with Crippen LogP contribution < -0.4 is 14.5 Å². The van der Waals surface area contributed by atoms with Gasteiger partial charge in [0.1, 0.15) is 17.6 Å². The van der Waals surface area contributed by atoms with E-state index in [1.54, 1.807) is 48.5 Å². The smallest absolute Gasteiger partial charge is 0.305 e. The van der Waals surface area contributed by atoms with E-state index >= 15 is 0 Å². The molecular weight excluding hydrogens is 587 g/mol. The molecule has 0 unspecified atom stereocenters. The second-order valence-corrected chi connectivity index (χ2v) is 12.3. The van der Waals surface area contributed by atoms with Crippen LogP contribution >= 0.6 is 57.9 Å². The molecule has 2 aliphatic rings. The summed E-state index contributed by atoms with van der Waals surface area (Å²) in [6, 6.07) is 19.1. The number of nitrogens with zero attached hydrogens (tertiary/aromatic N) is 1. The van der Waals surface area contributed by atoms with E-state index < -0.39 is 17.1 Å². The van der Waals surface area contributed by atoms with Gasteiger partial charge in [0.05, 0.1) is 16.6 Å². The number of thiazole rings is 1. The summed E-state index contributed by atoms with van der Waals surface area (Å²) in [6.45, 7) is 0.227. The number of nitrogens with one attached hydrogen (secondary N) is 1. The molecule has 0 spiro atoms. The zero-order valence-corrected chi connectivity index (χ0v) is 23.2. The first-order chi connectivity index (χ1) is 18.3. The number of fused-ring (bicyclic) bond motifs is 2. The Morgan fingerprint density at radius 2 is 1.61 bits per heavy atom. The van der Waals surface area contributed by atoms with Gasteiger partial charge in [0.15, 0.2) is 0 Å². The molecule has 1 N–H and O–H groups in total. The van der Waals surface area contributed by atoms with Gasteiger partial charge in [-0.3, -0.25) is 14.4 Å². The van der Waals surface area contributed by atoms with Gasteiger partial charge in [-0.05, 0) is 60.2 Å². The van der Waals surface area contributed by atoms with Crippen LogP contribution in [0.25, 0.3) is 0 Å². The highest BCUT2D eigenvalue weighted by molar-refractivity contribution is 8.00. The number of benzene rings is 3. The molecule has 2 aliphatic heterocycles. The van der Waals surface area contributed by atoms with Crippen molar-refractivity contribution in [3.8, 4) is 5.75 Å². The molecule has 4 aromatic rings. The summed E-state index contributed by atoms with van der Waals surface area (Å²) in [5.41, 5.74) is 1.94. The van der Waals surface area contributed by atoms with E-state index in [0.29, 0.717) is 42.0 Å². The van der Waals surface area contributed by atoms with Crippen molar-refractivity contribution in [3.63, 3.8) is 0 Å². The average Bonchev–Trinajstić information content (AvgIpc) is 3.38. The first kappa shape index (κ1) is 25.5. The zero-order chi connectivity index (χ0) is 26.6. The molecule has 1 fully saturated rings. The summed E-state index contributed by atoms with van der Waals surface area (Å²) in [5, 5.41) is 1.37. The quantitative estimate of drug-likeness (QED) is 0.255. The Balaban J connectivity index is 1.45. The summed E-state index contributed by atoms with van der Waals surface area (Å²) < 4.78 is 6.21. The van der Waals surface area contributed by atoms with Crippen molar-refractivity contribution >= 4 is 75.4 Å². The van der Waals surface area contributed by atoms with Crippen LogP contribution in [-0.2, 0) is 16.2 Å². The molecule has 192 valence electrons. The molecule has 3 heterocycles. The van der Waals surface area contributed by atoms with E-state index in [9.17, 15) is 14.4 Å². The van der Waals surface area contributed by atoms with Crippen LogP contribution in [0.4, 0.5) is 5.69 Å². The van der Waals surface area contributed by atoms with Gasteiger partial charge in [-0.2, -0.15) is 0 Å². The predicted octanol–water partition coefficient (Wildman–Crippen LogP) is 6.77. The van der Waals surface area contributed by atoms with Crippen LogP contribution in [0.1, 0.15) is 21.9 Å². The van der Waals surface area contributed by atoms with Crippen molar-refractivity contribution in [3.05, 3.63) is 107 Å². The van der Waals surface area contributed by atoms with Crippen molar-refractivity contribution in [2.45, 2.75) is 22.8 Å². The Bertz CT molecular complexity index is 1640. The maximum absolute atomic E-state index is 13.9. The van der Waals surface area contributed by atoms with Crippen LogP contribution in [0, 0.1) is 5.92 Å². The minimum atomic E-state index is -0.769. The van der Waals surface area contributed by atoms with Crippen LogP contribution in [0.5, 0.6) is 5.75 Å². The monoisotopic (exact) mass is 602 g/mol. The first-order valence-corrected chi connectivity index (χ1v) is 14.3. The molecule has 3 atom stereocenters. The SMILES string of the molecule is O=C1[C@H]2[C@H](c3cc(Cl)ccc3OCc3cccc(Cl)c3)c3sc(=O)[nH]c3S[C@H]2C(=O)N1c1ccc(Cl)cc1. The van der Waals surface area contributed by atoms with Gasteiger partial charge in [0, 0.05) is 31.4 Å². The fraction of sp³-hybridized carbons (Fsp3) is 0.148. The number of hydrogen-bond acceptors (Lipinski definition) is 6. The maximum Gasteiger partial charge on any atom is 0.305 e. The van der Waals surface area contributed by atoms with Crippen molar-refractivity contribution < 1.29 is 14.3 Å². The van der Waals surface area contributed by atoms with Crippen LogP contribution in [-0.4, -0.2) is 22.0 Å². The second-order valence-electron chi connectivity index (χ2n) is 8.84. The number of ether oxygens (including phenoxy) is 1. The molecule has 6 nitrogen and oxygen atoms in total. The molecule has 6 rings (SSSR count). The number of imide groups is 1. The number of halogens is 3.